The third kappa shape index (κ3) is 5.08. The van der Waals surface area contributed by atoms with E-state index in [-0.39, 0.29) is 10.8 Å². The molecular weight excluding hydrogens is 435 g/mol. The zero-order valence-electron chi connectivity index (χ0n) is 16.0. The molecule has 1 aromatic carbocycles. The first-order valence-electron chi connectivity index (χ1n) is 8.68. The Morgan fingerprint density at radius 1 is 1.17 bits per heavy atom. The maximum Gasteiger partial charge on any atom is 0.344 e. The number of hydrogen-bond donors (Lipinski definition) is 1. The fraction of sp³-hybridized carbons (Fsp3) is 0.200. The van der Waals surface area contributed by atoms with Gasteiger partial charge in [-0.1, -0.05) is 23.2 Å². The Balaban J connectivity index is 1.52. The quantitative estimate of drug-likeness (QED) is 0.450. The number of aryl methyl sites for hydroxylation is 1. The average Bonchev–Trinajstić information content (AvgIpc) is 2.70. The van der Waals surface area contributed by atoms with E-state index in [0.717, 1.165) is 10.9 Å². The number of nitrogens with zero attached hydrogens (tertiary/aromatic N) is 1. The maximum absolute atomic E-state index is 11.9. The molecule has 0 aliphatic rings. The van der Waals surface area contributed by atoms with Crippen LogP contribution in [0.2, 0.25) is 10.0 Å². The molecule has 8 nitrogen and oxygen atoms in total. The van der Waals surface area contributed by atoms with E-state index in [4.69, 9.17) is 37.1 Å². The predicted octanol–water partition coefficient (Wildman–Crippen LogP) is 3.67. The van der Waals surface area contributed by atoms with E-state index >= 15 is 0 Å². The number of rotatable bonds is 6. The molecule has 3 aromatic rings. The van der Waals surface area contributed by atoms with Crippen molar-refractivity contribution in [2.75, 3.05) is 18.5 Å². The van der Waals surface area contributed by atoms with Crippen molar-refractivity contribution < 1.29 is 23.5 Å². The molecule has 2 heterocycles. The molecule has 0 radical (unpaired) electrons. The van der Waals surface area contributed by atoms with E-state index in [2.05, 4.69) is 10.3 Å². The highest BCUT2D eigenvalue weighted by atomic mass is 35.5. The number of amides is 1. The average molecular weight is 451 g/mol. The molecule has 1 amide bonds. The SMILES string of the molecule is Cc1c(Cl)cnc(NC(=O)COC(=O)COc2ccc3c(C)cc(=O)oc3c2)c1Cl. The summed E-state index contributed by atoms with van der Waals surface area (Å²) in [4.78, 5) is 39.2. The Morgan fingerprint density at radius 3 is 2.70 bits per heavy atom. The Kier molecular flexibility index (Phi) is 6.59. The van der Waals surface area contributed by atoms with Crippen molar-refractivity contribution in [3.8, 4) is 5.75 Å². The summed E-state index contributed by atoms with van der Waals surface area (Å²) >= 11 is 12.0. The van der Waals surface area contributed by atoms with Gasteiger partial charge in [0.2, 0.25) is 0 Å². The topological polar surface area (TPSA) is 108 Å². The van der Waals surface area contributed by atoms with Gasteiger partial charge in [0.05, 0.1) is 10.0 Å². The van der Waals surface area contributed by atoms with Gasteiger partial charge in [-0.3, -0.25) is 4.79 Å². The number of pyridine rings is 1. The van der Waals surface area contributed by atoms with Crippen molar-refractivity contribution in [2.45, 2.75) is 13.8 Å². The number of benzene rings is 1. The standard InChI is InChI=1S/C20H16Cl2N2O6/c1-10-5-17(26)30-15-6-12(3-4-13(10)15)28-9-18(27)29-8-16(25)24-20-19(22)11(2)14(21)7-23-20/h3-7H,8-9H2,1-2H3,(H,23,24,25). The monoisotopic (exact) mass is 450 g/mol. The zero-order valence-corrected chi connectivity index (χ0v) is 17.5. The van der Waals surface area contributed by atoms with Gasteiger partial charge in [-0.05, 0) is 37.1 Å². The molecular formula is C20H16Cl2N2O6. The second-order valence-corrected chi connectivity index (χ2v) is 7.08. The Labute approximate surface area is 180 Å². The molecule has 2 aromatic heterocycles. The normalized spacial score (nSPS) is 10.7. The van der Waals surface area contributed by atoms with Crippen LogP contribution >= 0.6 is 23.2 Å². The van der Waals surface area contributed by atoms with Gasteiger partial charge < -0.3 is 19.2 Å². The van der Waals surface area contributed by atoms with Crippen LogP contribution in [0.5, 0.6) is 5.75 Å². The highest BCUT2D eigenvalue weighted by molar-refractivity contribution is 6.37. The second kappa shape index (κ2) is 9.15. The van der Waals surface area contributed by atoms with Gasteiger partial charge in [-0.15, -0.1) is 0 Å². The van der Waals surface area contributed by atoms with E-state index in [0.29, 0.717) is 21.9 Å². The fourth-order valence-corrected chi connectivity index (χ4v) is 2.93. The first-order chi connectivity index (χ1) is 14.2. The molecule has 0 saturated carbocycles. The summed E-state index contributed by atoms with van der Waals surface area (Å²) < 4.78 is 15.3. The van der Waals surface area contributed by atoms with Crippen molar-refractivity contribution in [1.82, 2.24) is 4.98 Å². The van der Waals surface area contributed by atoms with E-state index < -0.39 is 30.7 Å². The smallest absolute Gasteiger partial charge is 0.344 e. The molecule has 0 bridgehead atoms. The minimum Gasteiger partial charge on any atom is -0.482 e. The Hall–Kier alpha value is -3.10. The third-order valence-electron chi connectivity index (χ3n) is 4.10. The molecule has 0 aliphatic carbocycles. The Bertz CT molecular complexity index is 1190. The molecule has 0 atom stereocenters. The van der Waals surface area contributed by atoms with E-state index in [9.17, 15) is 14.4 Å². The van der Waals surface area contributed by atoms with Crippen LogP contribution in [-0.4, -0.2) is 30.1 Å². The maximum atomic E-state index is 11.9. The summed E-state index contributed by atoms with van der Waals surface area (Å²) in [5, 5.41) is 3.76. The van der Waals surface area contributed by atoms with Crippen molar-refractivity contribution in [1.29, 1.82) is 0 Å². The molecule has 1 N–H and O–H groups in total. The second-order valence-electron chi connectivity index (χ2n) is 6.30. The van der Waals surface area contributed by atoms with Crippen molar-refractivity contribution in [3.63, 3.8) is 0 Å². The number of halogens is 2. The van der Waals surface area contributed by atoms with Crippen molar-refractivity contribution >= 4 is 51.9 Å². The van der Waals surface area contributed by atoms with E-state index in [1.807, 2.05) is 0 Å². The lowest BCUT2D eigenvalue weighted by Crippen LogP contribution is -2.24. The van der Waals surface area contributed by atoms with Gasteiger partial charge in [0.25, 0.3) is 5.91 Å². The lowest BCUT2D eigenvalue weighted by atomic mass is 10.1. The molecule has 30 heavy (non-hydrogen) atoms. The van der Waals surface area contributed by atoms with Crippen LogP contribution in [0.15, 0.2) is 39.7 Å². The van der Waals surface area contributed by atoms with E-state index in [1.165, 1.54) is 18.3 Å². The highest BCUT2D eigenvalue weighted by Gasteiger charge is 2.14. The van der Waals surface area contributed by atoms with Gasteiger partial charge in [-0.25, -0.2) is 14.6 Å². The summed E-state index contributed by atoms with van der Waals surface area (Å²) in [6.07, 6.45) is 1.35. The minimum atomic E-state index is -0.762. The minimum absolute atomic E-state index is 0.115. The van der Waals surface area contributed by atoms with Gasteiger partial charge >= 0.3 is 11.6 Å². The fourth-order valence-electron chi connectivity index (χ4n) is 2.54. The number of esters is 1. The lowest BCUT2D eigenvalue weighted by molar-refractivity contribution is -0.149. The number of aromatic nitrogens is 1. The summed E-state index contributed by atoms with van der Waals surface area (Å²) in [7, 11) is 0. The lowest BCUT2D eigenvalue weighted by Gasteiger charge is -2.10. The summed E-state index contributed by atoms with van der Waals surface area (Å²) in [6, 6.07) is 6.23. The largest absolute Gasteiger partial charge is 0.482 e. The Morgan fingerprint density at radius 2 is 1.93 bits per heavy atom. The van der Waals surface area contributed by atoms with Crippen molar-refractivity contribution in [3.05, 3.63) is 62.1 Å². The van der Waals surface area contributed by atoms with Gasteiger partial charge in [-0.2, -0.15) is 0 Å². The molecule has 0 fully saturated rings. The van der Waals surface area contributed by atoms with Gasteiger partial charge in [0.1, 0.15) is 11.3 Å². The number of anilines is 1. The zero-order chi connectivity index (χ0) is 21.8. The molecule has 0 aliphatic heterocycles. The van der Waals surface area contributed by atoms with Crippen LogP contribution in [0.25, 0.3) is 11.0 Å². The highest BCUT2D eigenvalue weighted by Crippen LogP contribution is 2.28. The molecule has 0 unspecified atom stereocenters. The summed E-state index contributed by atoms with van der Waals surface area (Å²) in [6.45, 7) is 2.48. The van der Waals surface area contributed by atoms with Crippen molar-refractivity contribution in [2.24, 2.45) is 0 Å². The molecule has 0 saturated heterocycles. The summed E-state index contributed by atoms with van der Waals surface area (Å²) in [5.74, 6) is -0.959. The van der Waals surface area contributed by atoms with E-state index in [1.54, 1.807) is 26.0 Å². The van der Waals surface area contributed by atoms with Crippen LogP contribution in [0, 0.1) is 13.8 Å². The van der Waals surface area contributed by atoms with Crippen LogP contribution in [0.1, 0.15) is 11.1 Å². The molecule has 3 rings (SSSR count). The van der Waals surface area contributed by atoms with Crippen LogP contribution in [-0.2, 0) is 14.3 Å². The van der Waals surface area contributed by atoms with Crippen LogP contribution in [0.4, 0.5) is 5.82 Å². The third-order valence-corrected chi connectivity index (χ3v) is 4.95. The number of ether oxygens (including phenoxy) is 2. The summed E-state index contributed by atoms with van der Waals surface area (Å²) in [5.41, 5.74) is 1.19. The molecule has 0 spiro atoms. The first-order valence-corrected chi connectivity index (χ1v) is 9.43. The van der Waals surface area contributed by atoms with Crippen LogP contribution < -0.4 is 15.7 Å². The van der Waals surface area contributed by atoms with Gasteiger partial charge in [0.15, 0.2) is 19.0 Å². The molecule has 10 heteroatoms. The first kappa shape index (κ1) is 21.6. The van der Waals surface area contributed by atoms with Crippen LogP contribution in [0.3, 0.4) is 0 Å². The number of carbonyl (C=O) groups excluding carboxylic acids is 2. The number of fused-ring (bicyclic) bond motifs is 1. The molecule has 156 valence electrons. The number of nitrogens with one attached hydrogen (secondary N) is 1. The number of carbonyl (C=O) groups is 2. The van der Waals surface area contributed by atoms with Gasteiger partial charge in [0, 0.05) is 23.7 Å². The predicted molar refractivity (Wildman–Crippen MR) is 111 cm³/mol. The number of hydrogen-bond acceptors (Lipinski definition) is 7.